The minimum absolute atomic E-state index is 0.00523. The van der Waals surface area contributed by atoms with Gasteiger partial charge in [-0.1, -0.05) is 31.7 Å². The molecule has 0 aliphatic rings. The summed E-state index contributed by atoms with van der Waals surface area (Å²) in [6.45, 7) is 6.82. The first kappa shape index (κ1) is 12.4. The van der Waals surface area contributed by atoms with Gasteiger partial charge in [0.1, 0.15) is 0 Å². The van der Waals surface area contributed by atoms with Crippen molar-refractivity contribution in [1.29, 1.82) is 0 Å². The van der Waals surface area contributed by atoms with Crippen LogP contribution in [0.25, 0.3) is 0 Å². The van der Waals surface area contributed by atoms with E-state index in [9.17, 15) is 9.59 Å². The first-order valence-electron chi connectivity index (χ1n) is 4.34. The highest BCUT2D eigenvalue weighted by atomic mass is 16.4. The Hall–Kier alpha value is -1.64. The molecule has 0 atom stereocenters. The summed E-state index contributed by atoms with van der Waals surface area (Å²) in [5, 5.41) is 8.84. The molecule has 0 aromatic heterocycles. The molecule has 76 valence electrons. The first-order valence-corrected chi connectivity index (χ1v) is 4.34. The molecule has 0 rings (SSSR count). The van der Waals surface area contributed by atoms with Gasteiger partial charge in [-0.2, -0.15) is 0 Å². The molecular weight excluding hydrogens is 180 g/mol. The van der Waals surface area contributed by atoms with Crippen LogP contribution < -0.4 is 0 Å². The van der Waals surface area contributed by atoms with Crippen LogP contribution >= 0.6 is 0 Å². The Morgan fingerprint density at radius 3 is 2.21 bits per heavy atom. The maximum absolute atomic E-state index is 11.3. The molecule has 0 heterocycles. The van der Waals surface area contributed by atoms with E-state index in [4.69, 9.17) is 5.11 Å². The summed E-state index contributed by atoms with van der Waals surface area (Å²) in [5.74, 6) is -1.32. The number of rotatable bonds is 5. The Balaban J connectivity index is 5.40. The van der Waals surface area contributed by atoms with Gasteiger partial charge in [-0.05, 0) is 6.92 Å². The van der Waals surface area contributed by atoms with Gasteiger partial charge in [0, 0.05) is 12.0 Å². The van der Waals surface area contributed by atoms with Crippen molar-refractivity contribution in [2.45, 2.75) is 20.3 Å². The summed E-state index contributed by atoms with van der Waals surface area (Å²) < 4.78 is 0. The minimum atomic E-state index is -1.11. The lowest BCUT2D eigenvalue weighted by atomic mass is 10.0. The molecule has 0 amide bonds. The van der Waals surface area contributed by atoms with Crippen LogP contribution in [0.4, 0.5) is 0 Å². The largest absolute Gasteiger partial charge is 0.478 e. The Morgan fingerprint density at radius 2 is 1.93 bits per heavy atom. The van der Waals surface area contributed by atoms with E-state index < -0.39 is 5.97 Å². The third kappa shape index (κ3) is 3.01. The van der Waals surface area contributed by atoms with Crippen molar-refractivity contribution >= 4 is 11.8 Å². The monoisotopic (exact) mass is 194 g/mol. The van der Waals surface area contributed by atoms with Gasteiger partial charge < -0.3 is 5.11 Å². The smallest absolute Gasteiger partial charge is 0.336 e. The van der Waals surface area contributed by atoms with E-state index in [0.717, 1.165) is 0 Å². The third-order valence-corrected chi connectivity index (χ3v) is 1.68. The van der Waals surface area contributed by atoms with Crippen molar-refractivity contribution in [3.63, 3.8) is 0 Å². The SMILES string of the molecule is C=C/C(C(=O)CC)=C(\C=C/C)C(=O)O. The second kappa shape index (κ2) is 5.91. The lowest BCUT2D eigenvalue weighted by molar-refractivity contribution is -0.132. The molecule has 0 saturated carbocycles. The van der Waals surface area contributed by atoms with Gasteiger partial charge in [0.2, 0.25) is 0 Å². The van der Waals surface area contributed by atoms with Gasteiger partial charge in [0.25, 0.3) is 0 Å². The zero-order chi connectivity index (χ0) is 11.1. The van der Waals surface area contributed by atoms with Crippen molar-refractivity contribution in [3.05, 3.63) is 36.0 Å². The fraction of sp³-hybridized carbons (Fsp3) is 0.273. The van der Waals surface area contributed by atoms with Gasteiger partial charge in [-0.25, -0.2) is 4.79 Å². The molecule has 3 heteroatoms. The molecule has 0 aliphatic heterocycles. The normalized spacial score (nSPS) is 12.4. The second-order valence-electron chi connectivity index (χ2n) is 2.61. The van der Waals surface area contributed by atoms with Crippen LogP contribution in [0, 0.1) is 0 Å². The molecule has 0 radical (unpaired) electrons. The maximum Gasteiger partial charge on any atom is 0.336 e. The molecular formula is C11H14O3. The average Bonchev–Trinajstić information content (AvgIpc) is 2.16. The van der Waals surface area contributed by atoms with Crippen molar-refractivity contribution < 1.29 is 14.7 Å². The quantitative estimate of drug-likeness (QED) is 0.538. The molecule has 3 nitrogen and oxygen atoms in total. The number of carboxylic acid groups (broad SMARTS) is 1. The number of carbonyl (C=O) groups excluding carboxylic acids is 1. The predicted octanol–water partition coefficient (Wildman–Crippen LogP) is 2.11. The lowest BCUT2D eigenvalue weighted by Crippen LogP contribution is -2.08. The van der Waals surface area contributed by atoms with E-state index in [1.165, 1.54) is 12.2 Å². The summed E-state index contributed by atoms with van der Waals surface area (Å²) in [7, 11) is 0. The van der Waals surface area contributed by atoms with E-state index in [1.807, 2.05) is 0 Å². The topological polar surface area (TPSA) is 54.4 Å². The zero-order valence-corrected chi connectivity index (χ0v) is 8.41. The second-order valence-corrected chi connectivity index (χ2v) is 2.61. The molecule has 14 heavy (non-hydrogen) atoms. The van der Waals surface area contributed by atoms with Gasteiger partial charge in [0.05, 0.1) is 5.57 Å². The van der Waals surface area contributed by atoms with Crippen molar-refractivity contribution in [2.75, 3.05) is 0 Å². The maximum atomic E-state index is 11.3. The van der Waals surface area contributed by atoms with Crippen LogP contribution in [0.1, 0.15) is 20.3 Å². The van der Waals surface area contributed by atoms with Crippen LogP contribution in [-0.2, 0) is 9.59 Å². The Kier molecular flexibility index (Phi) is 5.22. The predicted molar refractivity (Wildman–Crippen MR) is 55.0 cm³/mol. The van der Waals surface area contributed by atoms with Gasteiger partial charge in [0.15, 0.2) is 5.78 Å². The highest BCUT2D eigenvalue weighted by molar-refractivity contribution is 6.06. The Labute approximate surface area is 83.4 Å². The molecule has 0 spiro atoms. The van der Waals surface area contributed by atoms with Crippen molar-refractivity contribution in [3.8, 4) is 0 Å². The number of hydrogen-bond donors (Lipinski definition) is 1. The third-order valence-electron chi connectivity index (χ3n) is 1.68. The van der Waals surface area contributed by atoms with E-state index in [1.54, 1.807) is 19.9 Å². The number of ketones is 1. The van der Waals surface area contributed by atoms with Crippen LogP contribution in [0.2, 0.25) is 0 Å². The van der Waals surface area contributed by atoms with Crippen LogP contribution in [0.3, 0.4) is 0 Å². The number of allylic oxidation sites excluding steroid dienone is 3. The lowest BCUT2D eigenvalue weighted by Gasteiger charge is -2.02. The summed E-state index contributed by atoms with van der Waals surface area (Å²) in [5.41, 5.74) is 0.160. The molecule has 0 aromatic rings. The van der Waals surface area contributed by atoms with E-state index in [0.29, 0.717) is 0 Å². The highest BCUT2D eigenvalue weighted by Crippen LogP contribution is 2.11. The van der Waals surface area contributed by atoms with Gasteiger partial charge in [-0.15, -0.1) is 0 Å². The Bertz CT molecular complexity index is 308. The van der Waals surface area contributed by atoms with Gasteiger partial charge in [-0.3, -0.25) is 4.79 Å². The molecule has 0 fully saturated rings. The van der Waals surface area contributed by atoms with Crippen LogP contribution in [-0.4, -0.2) is 16.9 Å². The van der Waals surface area contributed by atoms with Crippen LogP contribution in [0.5, 0.6) is 0 Å². The number of hydrogen-bond acceptors (Lipinski definition) is 2. The standard InChI is InChI=1S/C11H14O3/c1-4-7-9(11(13)14)8(5-2)10(12)6-3/h4-5,7H,2,6H2,1,3H3,(H,13,14)/b7-4-,9-8-. The van der Waals surface area contributed by atoms with Crippen molar-refractivity contribution in [1.82, 2.24) is 0 Å². The summed E-state index contributed by atoms with van der Waals surface area (Å²) in [6, 6.07) is 0. The molecule has 0 saturated heterocycles. The van der Waals surface area contributed by atoms with E-state index in [2.05, 4.69) is 6.58 Å². The number of carbonyl (C=O) groups is 2. The zero-order valence-electron chi connectivity index (χ0n) is 8.41. The summed E-state index contributed by atoms with van der Waals surface area (Å²) >= 11 is 0. The number of carboxylic acids is 1. The summed E-state index contributed by atoms with van der Waals surface area (Å²) in [6.07, 6.45) is 4.54. The van der Waals surface area contributed by atoms with Crippen LogP contribution in [0.15, 0.2) is 36.0 Å². The average molecular weight is 194 g/mol. The van der Waals surface area contributed by atoms with E-state index >= 15 is 0 Å². The molecule has 1 N–H and O–H groups in total. The number of aliphatic carboxylic acids is 1. The fourth-order valence-corrected chi connectivity index (χ4v) is 1.01. The minimum Gasteiger partial charge on any atom is -0.478 e. The Morgan fingerprint density at radius 1 is 1.36 bits per heavy atom. The number of Topliss-reactive ketones (excluding diaryl/α,β-unsaturated/α-hetero) is 1. The highest BCUT2D eigenvalue weighted by Gasteiger charge is 2.13. The first-order chi connectivity index (χ1) is 6.58. The van der Waals surface area contributed by atoms with Crippen molar-refractivity contribution in [2.24, 2.45) is 0 Å². The van der Waals surface area contributed by atoms with E-state index in [-0.39, 0.29) is 23.4 Å². The molecule has 0 bridgehead atoms. The molecule has 0 unspecified atom stereocenters. The summed E-state index contributed by atoms with van der Waals surface area (Å²) in [4.78, 5) is 22.1. The molecule has 0 aromatic carbocycles. The molecule has 0 aliphatic carbocycles. The fourth-order valence-electron chi connectivity index (χ4n) is 1.01. The van der Waals surface area contributed by atoms with Gasteiger partial charge >= 0.3 is 5.97 Å².